The highest BCUT2D eigenvalue weighted by Gasteiger charge is 2.43. The van der Waals surface area contributed by atoms with Gasteiger partial charge in [0, 0.05) is 18.9 Å². The fourth-order valence-corrected chi connectivity index (χ4v) is 3.42. The van der Waals surface area contributed by atoms with Crippen LogP contribution in [0.2, 0.25) is 0 Å². The highest BCUT2D eigenvalue weighted by Crippen LogP contribution is 2.39. The maximum atomic E-state index is 12.3. The van der Waals surface area contributed by atoms with Crippen molar-refractivity contribution in [3.63, 3.8) is 0 Å². The van der Waals surface area contributed by atoms with E-state index in [9.17, 15) is 14.7 Å². The second-order valence-electron chi connectivity index (χ2n) is 7.49. The van der Waals surface area contributed by atoms with Crippen molar-refractivity contribution in [3.05, 3.63) is 11.6 Å². The summed E-state index contributed by atoms with van der Waals surface area (Å²) in [6.45, 7) is 7.25. The minimum absolute atomic E-state index is 0.222. The smallest absolute Gasteiger partial charge is 0.334 e. The average molecular weight is 310 g/mol. The summed E-state index contributed by atoms with van der Waals surface area (Å²) in [7, 11) is 0. The predicted octanol–water partition coefficient (Wildman–Crippen LogP) is 2.51. The van der Waals surface area contributed by atoms with Crippen LogP contribution in [0.5, 0.6) is 0 Å². The minimum Gasteiger partial charge on any atom is -0.462 e. The summed E-state index contributed by atoms with van der Waals surface area (Å²) in [4.78, 5) is 23.7. The third-order valence-electron chi connectivity index (χ3n) is 4.63. The van der Waals surface area contributed by atoms with E-state index in [-0.39, 0.29) is 17.5 Å². The van der Waals surface area contributed by atoms with E-state index in [1.54, 1.807) is 6.92 Å². The lowest BCUT2D eigenvalue weighted by Crippen LogP contribution is -2.46. The molecule has 0 aromatic heterocycles. The van der Waals surface area contributed by atoms with Gasteiger partial charge in [-0.1, -0.05) is 19.9 Å². The Labute approximate surface area is 131 Å². The number of carbonyl (C=O) groups is 2. The monoisotopic (exact) mass is 310 g/mol. The third-order valence-corrected chi connectivity index (χ3v) is 4.63. The largest absolute Gasteiger partial charge is 0.462 e. The predicted molar refractivity (Wildman–Crippen MR) is 81.0 cm³/mol. The Morgan fingerprint density at radius 2 is 2.05 bits per heavy atom. The number of hydrogen-bond donors (Lipinski definition) is 1. The number of carbonyl (C=O) groups excluding carboxylic acids is 2. The van der Waals surface area contributed by atoms with Gasteiger partial charge in [0.15, 0.2) is 0 Å². The van der Waals surface area contributed by atoms with Gasteiger partial charge in [0.25, 0.3) is 0 Å². The Balaban J connectivity index is 2.35. The summed E-state index contributed by atoms with van der Waals surface area (Å²) < 4.78 is 11.0. The van der Waals surface area contributed by atoms with E-state index >= 15 is 0 Å². The lowest BCUT2D eigenvalue weighted by molar-refractivity contribution is -0.172. The fourth-order valence-electron chi connectivity index (χ4n) is 3.42. The van der Waals surface area contributed by atoms with Gasteiger partial charge in [-0.05, 0) is 38.0 Å². The molecular formula is C17H26O5. The number of esters is 2. The quantitative estimate of drug-likeness (QED) is 0.753. The molecule has 2 rings (SSSR count). The van der Waals surface area contributed by atoms with E-state index in [1.807, 2.05) is 19.9 Å². The zero-order valence-electron chi connectivity index (χ0n) is 13.8. The highest BCUT2D eigenvalue weighted by molar-refractivity contribution is 5.89. The SMILES string of the molecule is CC(=O)O[C@@H]1CC2=CCC[C@](C)(OC2=O)[C@@H](O)CC(C)(C)C1. The summed E-state index contributed by atoms with van der Waals surface area (Å²) in [6, 6.07) is 0. The molecule has 2 bridgehead atoms. The first-order valence-corrected chi connectivity index (χ1v) is 7.89. The number of aliphatic hydroxyl groups excluding tert-OH is 1. The van der Waals surface area contributed by atoms with E-state index in [0.717, 1.165) is 0 Å². The number of ether oxygens (including phenoxy) is 2. The fraction of sp³-hybridized carbons (Fsp3) is 0.765. The Bertz CT molecular complexity index is 493. The molecule has 1 saturated heterocycles. The molecule has 2 aliphatic heterocycles. The molecule has 0 amide bonds. The average Bonchev–Trinajstić information content (AvgIpc) is 2.47. The third kappa shape index (κ3) is 3.88. The number of rotatable bonds is 1. The summed E-state index contributed by atoms with van der Waals surface area (Å²) >= 11 is 0. The van der Waals surface area contributed by atoms with Gasteiger partial charge in [-0.3, -0.25) is 4.79 Å². The van der Waals surface area contributed by atoms with Gasteiger partial charge < -0.3 is 14.6 Å². The lowest BCUT2D eigenvalue weighted by atomic mass is 9.76. The molecule has 2 heterocycles. The molecule has 3 atom stereocenters. The maximum Gasteiger partial charge on any atom is 0.334 e. The van der Waals surface area contributed by atoms with Gasteiger partial charge in [0.2, 0.25) is 0 Å². The minimum atomic E-state index is -0.860. The van der Waals surface area contributed by atoms with Crippen LogP contribution in [0.4, 0.5) is 0 Å². The molecule has 5 heteroatoms. The van der Waals surface area contributed by atoms with Gasteiger partial charge in [0.05, 0.1) is 6.10 Å². The van der Waals surface area contributed by atoms with Crippen LogP contribution in [0.15, 0.2) is 11.6 Å². The molecule has 0 aromatic rings. The Hall–Kier alpha value is -1.36. The Kier molecular flexibility index (Phi) is 4.66. The molecule has 2 aliphatic rings. The van der Waals surface area contributed by atoms with Gasteiger partial charge >= 0.3 is 11.9 Å². The lowest BCUT2D eigenvalue weighted by Gasteiger charge is -2.39. The van der Waals surface area contributed by atoms with Crippen LogP contribution in [0.3, 0.4) is 0 Å². The molecule has 0 aliphatic carbocycles. The van der Waals surface area contributed by atoms with Crippen molar-refractivity contribution in [2.24, 2.45) is 5.41 Å². The second-order valence-corrected chi connectivity index (χ2v) is 7.49. The first kappa shape index (κ1) is 17.0. The van der Waals surface area contributed by atoms with Crippen LogP contribution in [-0.4, -0.2) is 34.9 Å². The van der Waals surface area contributed by atoms with E-state index < -0.39 is 17.7 Å². The second kappa shape index (κ2) is 6.03. The van der Waals surface area contributed by atoms with Crippen molar-refractivity contribution >= 4 is 11.9 Å². The maximum absolute atomic E-state index is 12.3. The summed E-state index contributed by atoms with van der Waals surface area (Å²) in [5.41, 5.74) is -0.541. The summed E-state index contributed by atoms with van der Waals surface area (Å²) in [5.74, 6) is -0.762. The molecule has 0 saturated carbocycles. The first-order chi connectivity index (χ1) is 10.1. The normalized spacial score (nSPS) is 35.1. The molecule has 0 unspecified atom stereocenters. The molecular weight excluding hydrogens is 284 g/mol. The Morgan fingerprint density at radius 1 is 1.36 bits per heavy atom. The number of aliphatic hydroxyl groups is 1. The van der Waals surface area contributed by atoms with Gasteiger partial charge in [-0.25, -0.2) is 4.79 Å². The molecule has 0 aromatic carbocycles. The molecule has 22 heavy (non-hydrogen) atoms. The van der Waals surface area contributed by atoms with Crippen LogP contribution < -0.4 is 0 Å². The van der Waals surface area contributed by atoms with Crippen LogP contribution in [-0.2, 0) is 19.1 Å². The van der Waals surface area contributed by atoms with Gasteiger partial charge in [-0.2, -0.15) is 0 Å². The Morgan fingerprint density at radius 3 is 2.68 bits per heavy atom. The standard InChI is InChI=1S/C17H26O5/c1-11(18)21-13-8-12-6-5-7-17(4,22-15(12)20)14(19)10-16(2,3)9-13/h6,13-14,19H,5,7-10H2,1-4H3/t13-,14+,17+/m1/s1. The molecule has 124 valence electrons. The van der Waals surface area contributed by atoms with Gasteiger partial charge in [0.1, 0.15) is 11.7 Å². The zero-order valence-corrected chi connectivity index (χ0v) is 13.8. The summed E-state index contributed by atoms with van der Waals surface area (Å²) in [5, 5.41) is 10.6. The van der Waals surface area contributed by atoms with Crippen molar-refractivity contribution in [2.75, 3.05) is 0 Å². The van der Waals surface area contributed by atoms with Crippen molar-refractivity contribution in [1.82, 2.24) is 0 Å². The van der Waals surface area contributed by atoms with E-state index in [1.165, 1.54) is 6.92 Å². The molecule has 1 fully saturated rings. The van der Waals surface area contributed by atoms with Crippen molar-refractivity contribution in [2.45, 2.75) is 77.6 Å². The van der Waals surface area contributed by atoms with Crippen molar-refractivity contribution in [3.8, 4) is 0 Å². The highest BCUT2D eigenvalue weighted by atomic mass is 16.6. The topological polar surface area (TPSA) is 72.8 Å². The van der Waals surface area contributed by atoms with Crippen LogP contribution >= 0.6 is 0 Å². The van der Waals surface area contributed by atoms with Crippen LogP contribution in [0.25, 0.3) is 0 Å². The summed E-state index contributed by atoms with van der Waals surface area (Å²) in [6.07, 6.45) is 3.47. The number of fused-ring (bicyclic) bond motifs is 3. The number of hydrogen-bond acceptors (Lipinski definition) is 5. The van der Waals surface area contributed by atoms with Gasteiger partial charge in [-0.15, -0.1) is 0 Å². The zero-order chi connectivity index (χ0) is 16.5. The van der Waals surface area contributed by atoms with E-state index in [4.69, 9.17) is 9.47 Å². The van der Waals surface area contributed by atoms with E-state index in [2.05, 4.69) is 0 Å². The molecule has 1 N–H and O–H groups in total. The molecule has 5 nitrogen and oxygen atoms in total. The molecule has 0 radical (unpaired) electrons. The van der Waals surface area contributed by atoms with Crippen LogP contribution in [0.1, 0.15) is 59.8 Å². The van der Waals surface area contributed by atoms with E-state index in [0.29, 0.717) is 37.7 Å². The van der Waals surface area contributed by atoms with Crippen molar-refractivity contribution in [1.29, 1.82) is 0 Å². The first-order valence-electron chi connectivity index (χ1n) is 7.89. The van der Waals surface area contributed by atoms with Crippen LogP contribution in [0, 0.1) is 5.41 Å². The number of allylic oxidation sites excluding steroid dienone is 1. The van der Waals surface area contributed by atoms with Crippen molar-refractivity contribution < 1.29 is 24.2 Å². The molecule has 0 spiro atoms.